The van der Waals surface area contributed by atoms with Gasteiger partial charge in [0.1, 0.15) is 5.82 Å². The molecule has 0 saturated heterocycles. The molecule has 0 saturated carbocycles. The molecule has 18 heavy (non-hydrogen) atoms. The van der Waals surface area contributed by atoms with Crippen molar-refractivity contribution in [3.63, 3.8) is 0 Å². The number of nitrogen functional groups attached to an aromatic ring is 1. The maximum atomic E-state index is 5.59. The number of anilines is 2. The van der Waals surface area contributed by atoms with Crippen LogP contribution < -0.4 is 11.1 Å². The van der Waals surface area contributed by atoms with Crippen molar-refractivity contribution in [2.75, 3.05) is 11.1 Å². The Labute approximate surface area is 111 Å². The first-order valence-corrected chi connectivity index (χ1v) is 6.78. The predicted octanol–water partition coefficient (Wildman–Crippen LogP) is 2.26. The third kappa shape index (κ3) is 3.66. The minimum atomic E-state index is 0.260. The first-order valence-electron chi connectivity index (χ1n) is 5.90. The molecule has 2 aromatic rings. The zero-order valence-corrected chi connectivity index (χ0v) is 11.4. The summed E-state index contributed by atoms with van der Waals surface area (Å²) in [4.78, 5) is 13.6. The molecule has 0 aromatic carbocycles. The molecule has 0 amide bonds. The maximum Gasteiger partial charge on any atom is 0.227 e. The molecule has 0 radical (unpaired) electrons. The third-order valence-electron chi connectivity index (χ3n) is 2.54. The minimum Gasteiger partial charge on any atom is -0.368 e. The summed E-state index contributed by atoms with van der Waals surface area (Å²) < 4.78 is 0. The zero-order chi connectivity index (χ0) is 13.0. The molecule has 0 bridgehead atoms. The Balaban J connectivity index is 1.88. The zero-order valence-electron chi connectivity index (χ0n) is 10.6. The van der Waals surface area contributed by atoms with Crippen molar-refractivity contribution in [2.24, 2.45) is 0 Å². The summed E-state index contributed by atoms with van der Waals surface area (Å²) in [6.45, 7) is 3.92. The van der Waals surface area contributed by atoms with Crippen LogP contribution in [0.15, 0.2) is 17.5 Å². The lowest BCUT2D eigenvalue weighted by Gasteiger charge is -2.13. The van der Waals surface area contributed by atoms with Crippen LogP contribution in [-0.4, -0.2) is 21.0 Å². The Morgan fingerprint density at radius 2 is 2.22 bits per heavy atom. The average Bonchev–Trinajstić information content (AvgIpc) is 2.77. The summed E-state index contributed by atoms with van der Waals surface area (Å²) in [5, 5.41) is 5.35. The van der Waals surface area contributed by atoms with Gasteiger partial charge in [0.25, 0.3) is 0 Å². The molecule has 6 heteroatoms. The minimum absolute atomic E-state index is 0.260. The van der Waals surface area contributed by atoms with E-state index < -0.39 is 0 Å². The van der Waals surface area contributed by atoms with Crippen molar-refractivity contribution in [3.05, 3.63) is 28.2 Å². The Morgan fingerprint density at radius 3 is 2.89 bits per heavy atom. The molecule has 0 aliphatic carbocycles. The number of aryl methyl sites for hydroxylation is 2. The maximum absolute atomic E-state index is 5.59. The molecule has 96 valence electrons. The second kappa shape index (κ2) is 5.77. The van der Waals surface area contributed by atoms with Crippen molar-refractivity contribution >= 4 is 23.2 Å². The van der Waals surface area contributed by atoms with Crippen LogP contribution in [-0.2, 0) is 6.42 Å². The van der Waals surface area contributed by atoms with E-state index >= 15 is 0 Å². The van der Waals surface area contributed by atoms with Gasteiger partial charge >= 0.3 is 0 Å². The summed E-state index contributed by atoms with van der Waals surface area (Å²) >= 11 is 1.79. The quantitative estimate of drug-likeness (QED) is 0.865. The van der Waals surface area contributed by atoms with Gasteiger partial charge in [-0.1, -0.05) is 6.07 Å². The molecule has 2 heterocycles. The van der Waals surface area contributed by atoms with Crippen molar-refractivity contribution in [1.29, 1.82) is 0 Å². The van der Waals surface area contributed by atoms with Crippen LogP contribution in [0.3, 0.4) is 0 Å². The van der Waals surface area contributed by atoms with E-state index in [1.807, 2.05) is 0 Å². The Hall–Kier alpha value is -1.69. The van der Waals surface area contributed by atoms with Gasteiger partial charge in [0.15, 0.2) is 0 Å². The number of hydrogen-bond donors (Lipinski definition) is 2. The lowest BCUT2D eigenvalue weighted by atomic mass is 10.1. The topological polar surface area (TPSA) is 76.7 Å². The lowest BCUT2D eigenvalue weighted by Crippen LogP contribution is -2.19. The van der Waals surface area contributed by atoms with E-state index in [1.54, 1.807) is 18.3 Å². The van der Waals surface area contributed by atoms with Gasteiger partial charge in [-0.2, -0.15) is 15.0 Å². The average molecular weight is 263 g/mol. The highest BCUT2D eigenvalue weighted by molar-refractivity contribution is 7.09. The summed E-state index contributed by atoms with van der Waals surface area (Å²) in [7, 11) is 0. The van der Waals surface area contributed by atoms with Crippen LogP contribution in [0.2, 0.25) is 0 Å². The van der Waals surface area contributed by atoms with Gasteiger partial charge in [-0.05, 0) is 38.1 Å². The number of nitrogens with two attached hydrogens (primary N) is 1. The monoisotopic (exact) mass is 263 g/mol. The van der Waals surface area contributed by atoms with Gasteiger partial charge in [0.2, 0.25) is 11.9 Å². The smallest absolute Gasteiger partial charge is 0.227 e. The van der Waals surface area contributed by atoms with Gasteiger partial charge in [-0.25, -0.2) is 0 Å². The largest absolute Gasteiger partial charge is 0.368 e. The van der Waals surface area contributed by atoms with Gasteiger partial charge < -0.3 is 11.1 Å². The molecule has 2 rings (SSSR count). The van der Waals surface area contributed by atoms with E-state index in [2.05, 4.69) is 44.7 Å². The van der Waals surface area contributed by atoms with Gasteiger partial charge in [-0.15, -0.1) is 11.3 Å². The first kappa shape index (κ1) is 12.8. The van der Waals surface area contributed by atoms with Gasteiger partial charge in [0.05, 0.1) is 0 Å². The predicted molar refractivity (Wildman–Crippen MR) is 74.7 cm³/mol. The van der Waals surface area contributed by atoms with Crippen molar-refractivity contribution in [3.8, 4) is 0 Å². The number of nitrogens with zero attached hydrogens (tertiary/aromatic N) is 3. The van der Waals surface area contributed by atoms with Crippen LogP contribution >= 0.6 is 11.3 Å². The standard InChI is InChI=1S/C12H17N5S/c1-8(5-6-10-4-3-7-18-10)14-12-16-9(2)15-11(13)17-12/h3-4,7-8H,5-6H2,1-2H3,(H3,13,14,15,16,17). The Kier molecular flexibility index (Phi) is 4.09. The van der Waals surface area contributed by atoms with E-state index in [4.69, 9.17) is 5.73 Å². The molecule has 2 aromatic heterocycles. The number of hydrogen-bond acceptors (Lipinski definition) is 6. The fraction of sp³-hybridized carbons (Fsp3) is 0.417. The number of rotatable bonds is 5. The molecule has 1 atom stereocenters. The molecule has 0 fully saturated rings. The molecule has 0 spiro atoms. The highest BCUT2D eigenvalue weighted by Gasteiger charge is 2.06. The lowest BCUT2D eigenvalue weighted by molar-refractivity contribution is 0.702. The van der Waals surface area contributed by atoms with Crippen molar-refractivity contribution < 1.29 is 0 Å². The number of nitrogens with one attached hydrogen (secondary N) is 1. The third-order valence-corrected chi connectivity index (χ3v) is 3.48. The molecular formula is C12H17N5S. The second-order valence-corrected chi connectivity index (χ2v) is 5.26. The van der Waals surface area contributed by atoms with Crippen LogP contribution in [0.25, 0.3) is 0 Å². The SMILES string of the molecule is Cc1nc(N)nc(NC(C)CCc2cccs2)n1. The summed E-state index contributed by atoms with van der Waals surface area (Å²) in [5.41, 5.74) is 5.59. The molecule has 0 aliphatic heterocycles. The molecule has 5 nitrogen and oxygen atoms in total. The van der Waals surface area contributed by atoms with Crippen molar-refractivity contribution in [2.45, 2.75) is 32.7 Å². The summed E-state index contributed by atoms with van der Waals surface area (Å²) in [5.74, 6) is 1.45. The first-order chi connectivity index (χ1) is 8.63. The highest BCUT2D eigenvalue weighted by Crippen LogP contribution is 2.13. The summed E-state index contributed by atoms with van der Waals surface area (Å²) in [6.07, 6.45) is 2.09. The Bertz CT molecular complexity index is 477. The normalized spacial score (nSPS) is 12.3. The Morgan fingerprint density at radius 1 is 1.39 bits per heavy atom. The second-order valence-electron chi connectivity index (χ2n) is 4.23. The number of aromatic nitrogens is 3. The van der Waals surface area contributed by atoms with E-state index in [9.17, 15) is 0 Å². The number of thiophene rings is 1. The molecule has 0 aliphatic rings. The van der Waals surface area contributed by atoms with E-state index in [1.165, 1.54) is 4.88 Å². The molecule has 1 unspecified atom stereocenters. The van der Waals surface area contributed by atoms with E-state index in [-0.39, 0.29) is 5.95 Å². The van der Waals surface area contributed by atoms with Crippen molar-refractivity contribution in [1.82, 2.24) is 15.0 Å². The molecule has 3 N–H and O–H groups in total. The van der Waals surface area contributed by atoms with Crippen LogP contribution in [0.4, 0.5) is 11.9 Å². The van der Waals surface area contributed by atoms with Crippen LogP contribution in [0.5, 0.6) is 0 Å². The summed E-state index contributed by atoms with van der Waals surface area (Å²) in [6, 6.07) is 4.53. The fourth-order valence-electron chi connectivity index (χ4n) is 1.67. The fourth-order valence-corrected chi connectivity index (χ4v) is 2.40. The van der Waals surface area contributed by atoms with E-state index in [0.29, 0.717) is 17.8 Å². The molecular weight excluding hydrogens is 246 g/mol. The highest BCUT2D eigenvalue weighted by atomic mass is 32.1. The van der Waals surface area contributed by atoms with Gasteiger partial charge in [0, 0.05) is 10.9 Å². The van der Waals surface area contributed by atoms with E-state index in [0.717, 1.165) is 12.8 Å². The van der Waals surface area contributed by atoms with Crippen LogP contribution in [0.1, 0.15) is 24.0 Å². The van der Waals surface area contributed by atoms with Gasteiger partial charge in [-0.3, -0.25) is 0 Å². The van der Waals surface area contributed by atoms with Crippen LogP contribution in [0, 0.1) is 6.92 Å².